The van der Waals surface area contributed by atoms with Gasteiger partial charge in [0.05, 0.1) is 23.0 Å². The topological polar surface area (TPSA) is 79.0 Å². The zero-order valence-corrected chi connectivity index (χ0v) is 34.2. The Bertz CT molecular complexity index is 1530. The van der Waals surface area contributed by atoms with Crippen molar-refractivity contribution in [2.75, 3.05) is 24.6 Å². The van der Waals surface area contributed by atoms with Crippen LogP contribution in [0.4, 0.5) is 27.1 Å². The van der Waals surface area contributed by atoms with E-state index in [2.05, 4.69) is 93.8 Å². The van der Waals surface area contributed by atoms with Crippen LogP contribution < -0.4 is 4.90 Å². The summed E-state index contributed by atoms with van der Waals surface area (Å²) in [6.45, 7) is 22.3. The van der Waals surface area contributed by atoms with E-state index in [0.29, 0.717) is 39.9 Å². The largest absolute Gasteiger partial charge is 0.462 e. The summed E-state index contributed by atoms with van der Waals surface area (Å²) < 4.78 is 5.50. The number of rotatable bonds is 22. The van der Waals surface area contributed by atoms with Gasteiger partial charge in [-0.15, -0.1) is 20.5 Å². The van der Waals surface area contributed by atoms with Crippen LogP contribution >= 0.6 is 22.9 Å². The van der Waals surface area contributed by atoms with E-state index < -0.39 is 5.97 Å². The highest BCUT2D eigenvalue weighted by atomic mass is 35.5. The number of thiophene rings is 1. The smallest absolute Gasteiger partial charge is 0.342 e. The molecule has 2 aromatic carbocycles. The number of unbranched alkanes of at least 4 members (excludes halogenated alkanes) is 2. The number of ether oxygens (including phenoxy) is 1. The molecule has 0 aliphatic heterocycles. The fourth-order valence-electron chi connectivity index (χ4n) is 6.13. The number of azo groups is 2. The molecule has 280 valence electrons. The Hall–Kier alpha value is -3.10. The van der Waals surface area contributed by atoms with E-state index >= 15 is 0 Å². The maximum atomic E-state index is 13.2. The Labute approximate surface area is 317 Å². The van der Waals surface area contributed by atoms with Crippen molar-refractivity contribution in [1.82, 2.24) is 0 Å². The molecule has 0 bridgehead atoms. The molecule has 0 saturated carbocycles. The average molecular weight is 737 g/mol. The van der Waals surface area contributed by atoms with Crippen LogP contribution in [0.15, 0.2) is 62.9 Å². The van der Waals surface area contributed by atoms with E-state index in [0.717, 1.165) is 24.3 Å². The average Bonchev–Trinajstić information content (AvgIpc) is 3.45. The minimum Gasteiger partial charge on any atom is -0.462 e. The third-order valence-electron chi connectivity index (χ3n) is 9.56. The van der Waals surface area contributed by atoms with Crippen molar-refractivity contribution in [3.63, 3.8) is 0 Å². The number of hydrogen-bond acceptors (Lipinski definition) is 8. The maximum absolute atomic E-state index is 13.2. The molecule has 3 rings (SSSR count). The summed E-state index contributed by atoms with van der Waals surface area (Å²) >= 11 is 7.96. The Kier molecular flexibility index (Phi) is 18.3. The lowest BCUT2D eigenvalue weighted by Gasteiger charge is -2.33. The fraction of sp³-hybridized carbons (Fsp3) is 0.595. The van der Waals surface area contributed by atoms with Crippen LogP contribution in [0.2, 0.25) is 5.02 Å². The molecule has 51 heavy (non-hydrogen) atoms. The second kappa shape index (κ2) is 22.1. The number of carbonyl (C=O) groups is 1. The van der Waals surface area contributed by atoms with Crippen LogP contribution in [0.25, 0.3) is 0 Å². The van der Waals surface area contributed by atoms with Crippen molar-refractivity contribution in [3.05, 3.63) is 64.2 Å². The second-order valence-electron chi connectivity index (χ2n) is 14.3. The highest BCUT2D eigenvalue weighted by Gasteiger charge is 2.25. The van der Waals surface area contributed by atoms with Crippen molar-refractivity contribution < 1.29 is 9.53 Å². The summed E-state index contributed by atoms with van der Waals surface area (Å²) in [5.74, 6) is 1.43. The molecule has 0 saturated heterocycles. The van der Waals surface area contributed by atoms with Crippen LogP contribution in [-0.4, -0.2) is 25.7 Å². The molecule has 9 heteroatoms. The molecule has 1 heterocycles. The predicted molar refractivity (Wildman–Crippen MR) is 218 cm³/mol. The van der Waals surface area contributed by atoms with Crippen molar-refractivity contribution in [1.29, 1.82) is 0 Å². The molecule has 0 spiro atoms. The summed E-state index contributed by atoms with van der Waals surface area (Å²) in [5, 5.41) is 19.1. The van der Waals surface area contributed by atoms with Gasteiger partial charge in [0.1, 0.15) is 5.56 Å². The van der Waals surface area contributed by atoms with E-state index in [9.17, 15) is 4.79 Å². The Morgan fingerprint density at radius 2 is 1.37 bits per heavy atom. The van der Waals surface area contributed by atoms with E-state index in [4.69, 9.17) is 21.5 Å². The molecule has 0 amide bonds. The van der Waals surface area contributed by atoms with Gasteiger partial charge in [0.2, 0.25) is 0 Å². The van der Waals surface area contributed by atoms with E-state index in [1.165, 1.54) is 74.0 Å². The summed E-state index contributed by atoms with van der Waals surface area (Å²) in [4.78, 5) is 15.9. The first kappa shape index (κ1) is 42.3. The van der Waals surface area contributed by atoms with Gasteiger partial charge in [0.25, 0.3) is 0 Å². The van der Waals surface area contributed by atoms with E-state index in [-0.39, 0.29) is 23.1 Å². The minimum atomic E-state index is -0.535. The Balaban J connectivity index is 2.01. The standard InChI is InChI=1S/C42H62ClN5O2S/c1-10-15-17-31(13-4)27-48(28-32(14-5)18-16-11-2)35-23-24-37(36(26-35)30(8)9)45-46-40-38(42(49)50-25-12-3)39(43)41(51-40)47-44-34-21-19-33(20-22-34)29(6)7/h19-24,26,29-32H,10-18,25,27-28H2,1-9H3. The third kappa shape index (κ3) is 12.8. The number of halogens is 1. The highest BCUT2D eigenvalue weighted by Crippen LogP contribution is 2.47. The number of anilines is 1. The van der Waals surface area contributed by atoms with Crippen molar-refractivity contribution in [2.24, 2.45) is 32.3 Å². The van der Waals surface area contributed by atoms with Gasteiger partial charge in [-0.3, -0.25) is 0 Å². The number of esters is 1. The van der Waals surface area contributed by atoms with Gasteiger partial charge in [-0.1, -0.05) is 136 Å². The van der Waals surface area contributed by atoms with Gasteiger partial charge in [-0.05, 0) is 84.4 Å². The van der Waals surface area contributed by atoms with Crippen LogP contribution in [0.3, 0.4) is 0 Å². The van der Waals surface area contributed by atoms with Gasteiger partial charge in [-0.2, -0.15) is 0 Å². The molecule has 1 aromatic heterocycles. The van der Waals surface area contributed by atoms with Crippen molar-refractivity contribution in [2.45, 2.75) is 132 Å². The fourth-order valence-corrected chi connectivity index (χ4v) is 7.33. The third-order valence-corrected chi connectivity index (χ3v) is 11.0. The van der Waals surface area contributed by atoms with E-state index in [1.807, 2.05) is 31.2 Å². The molecule has 3 aromatic rings. The van der Waals surface area contributed by atoms with Crippen LogP contribution in [0.1, 0.15) is 153 Å². The summed E-state index contributed by atoms with van der Waals surface area (Å²) in [6.07, 6.45) is 10.6. The van der Waals surface area contributed by atoms with Crippen LogP contribution in [-0.2, 0) is 4.74 Å². The minimum absolute atomic E-state index is 0.173. The van der Waals surface area contributed by atoms with Gasteiger partial charge in [0.15, 0.2) is 10.0 Å². The van der Waals surface area contributed by atoms with Crippen LogP contribution in [0, 0.1) is 11.8 Å². The lowest BCUT2D eigenvalue weighted by atomic mass is 9.94. The Morgan fingerprint density at radius 3 is 1.90 bits per heavy atom. The molecule has 0 aliphatic carbocycles. The number of hydrogen-bond donors (Lipinski definition) is 0. The summed E-state index contributed by atoms with van der Waals surface area (Å²) in [5.41, 5.74) is 5.23. The molecular weight excluding hydrogens is 674 g/mol. The summed E-state index contributed by atoms with van der Waals surface area (Å²) in [7, 11) is 0. The molecule has 7 nitrogen and oxygen atoms in total. The molecule has 0 aliphatic rings. The molecule has 0 radical (unpaired) electrons. The zero-order chi connectivity index (χ0) is 37.3. The zero-order valence-electron chi connectivity index (χ0n) is 32.7. The molecule has 0 N–H and O–H groups in total. The number of benzene rings is 2. The Morgan fingerprint density at radius 1 is 0.765 bits per heavy atom. The van der Waals surface area contributed by atoms with Gasteiger partial charge in [-0.25, -0.2) is 4.79 Å². The first-order chi connectivity index (χ1) is 24.6. The van der Waals surface area contributed by atoms with Crippen molar-refractivity contribution in [3.8, 4) is 0 Å². The van der Waals surface area contributed by atoms with Gasteiger partial charge < -0.3 is 9.64 Å². The predicted octanol–water partition coefficient (Wildman–Crippen LogP) is 15.3. The van der Waals surface area contributed by atoms with E-state index in [1.54, 1.807) is 0 Å². The summed E-state index contributed by atoms with van der Waals surface area (Å²) in [6, 6.07) is 14.5. The first-order valence-electron chi connectivity index (χ1n) is 19.4. The lowest BCUT2D eigenvalue weighted by Crippen LogP contribution is -2.34. The normalized spacial score (nSPS) is 13.2. The lowest BCUT2D eigenvalue weighted by molar-refractivity contribution is 0.0507. The number of nitrogens with zero attached hydrogens (tertiary/aromatic N) is 5. The quantitative estimate of drug-likeness (QED) is 0.0761. The van der Waals surface area contributed by atoms with Gasteiger partial charge in [0, 0.05) is 18.8 Å². The SMILES string of the molecule is CCCCC(CC)CN(CC(CC)CCCC)c1ccc(N=Nc2sc(N=Nc3ccc(C(C)C)cc3)c(Cl)c2C(=O)OCCC)c(C(C)C)c1. The maximum Gasteiger partial charge on any atom is 0.342 e. The van der Waals surface area contributed by atoms with Gasteiger partial charge >= 0.3 is 5.97 Å². The monoisotopic (exact) mass is 735 g/mol. The number of carbonyl (C=O) groups excluding carboxylic acids is 1. The first-order valence-corrected chi connectivity index (χ1v) is 20.6. The molecular formula is C42H62ClN5O2S. The van der Waals surface area contributed by atoms with Crippen LogP contribution in [0.5, 0.6) is 0 Å². The van der Waals surface area contributed by atoms with Crippen molar-refractivity contribution >= 4 is 56.0 Å². The molecule has 2 unspecified atom stereocenters. The molecule has 0 fully saturated rings. The second-order valence-corrected chi connectivity index (χ2v) is 15.7. The molecule has 2 atom stereocenters. The highest BCUT2D eigenvalue weighted by molar-refractivity contribution is 7.20.